The molecule has 10 heteroatoms. The number of halogens is 1. The van der Waals surface area contributed by atoms with Gasteiger partial charge in [-0.3, -0.25) is 0 Å². The molecule has 0 unspecified atom stereocenters. The molecule has 8 nitrogen and oxygen atoms in total. The summed E-state index contributed by atoms with van der Waals surface area (Å²) < 4.78 is 13.0. The van der Waals surface area contributed by atoms with Gasteiger partial charge in [0.1, 0.15) is 11.3 Å². The predicted molar refractivity (Wildman–Crippen MR) is 103 cm³/mol. The van der Waals surface area contributed by atoms with Crippen LogP contribution in [0.25, 0.3) is 22.5 Å². The van der Waals surface area contributed by atoms with Gasteiger partial charge in [0.25, 0.3) is 0 Å². The fraction of sp³-hybridized carbons (Fsp3) is 0.118. The van der Waals surface area contributed by atoms with Crippen LogP contribution < -0.4 is 5.63 Å². The van der Waals surface area contributed by atoms with E-state index < -0.39 is 5.63 Å². The molecule has 0 spiro atoms. The molecular weight excluding hydrogens is 434 g/mol. The standard InChI is InChI=1S/C17H10BrN5O3S/c1-8-4-12(22-26-8)15-19-20-17-23(15)21-13(7-27-17)11-6-9-5-10(18)2-3-14(9)25-16(11)24/h2-6H,7H2,1H3. The van der Waals surface area contributed by atoms with Crippen LogP contribution in [0.15, 0.2) is 58.8 Å². The summed E-state index contributed by atoms with van der Waals surface area (Å²) in [6.45, 7) is 1.80. The van der Waals surface area contributed by atoms with Crippen molar-refractivity contribution in [3.05, 3.63) is 56.5 Å². The topological polar surface area (TPSA) is 99.3 Å². The Bertz CT molecular complexity index is 1290. The molecule has 4 heterocycles. The zero-order valence-corrected chi connectivity index (χ0v) is 16.2. The molecule has 0 atom stereocenters. The number of benzene rings is 1. The molecule has 0 saturated carbocycles. The van der Waals surface area contributed by atoms with Crippen molar-refractivity contribution < 1.29 is 8.94 Å². The molecule has 1 aromatic carbocycles. The quantitative estimate of drug-likeness (QED) is 0.437. The van der Waals surface area contributed by atoms with Crippen LogP contribution in [0.5, 0.6) is 0 Å². The SMILES string of the molecule is Cc1cc(-c2nnc3n2N=C(c2cc4cc(Br)ccc4oc2=O)CS3)no1. The van der Waals surface area contributed by atoms with Crippen LogP contribution in [0.4, 0.5) is 0 Å². The van der Waals surface area contributed by atoms with Crippen molar-refractivity contribution in [2.75, 3.05) is 5.75 Å². The summed E-state index contributed by atoms with van der Waals surface area (Å²) in [5, 5.41) is 18.3. The average molecular weight is 444 g/mol. The summed E-state index contributed by atoms with van der Waals surface area (Å²) in [6.07, 6.45) is 0. The van der Waals surface area contributed by atoms with E-state index in [9.17, 15) is 4.79 Å². The van der Waals surface area contributed by atoms with Gasteiger partial charge in [0, 0.05) is 21.7 Å². The van der Waals surface area contributed by atoms with Gasteiger partial charge in [-0.25, -0.2) is 4.79 Å². The highest BCUT2D eigenvalue weighted by Crippen LogP contribution is 2.28. The second kappa shape index (κ2) is 6.17. The van der Waals surface area contributed by atoms with Crippen LogP contribution in [0, 0.1) is 6.92 Å². The summed E-state index contributed by atoms with van der Waals surface area (Å²) in [6, 6.07) is 9.03. The van der Waals surface area contributed by atoms with Crippen molar-refractivity contribution >= 4 is 44.4 Å². The zero-order chi connectivity index (χ0) is 18.5. The molecule has 1 aliphatic rings. The lowest BCUT2D eigenvalue weighted by Gasteiger charge is -2.12. The summed E-state index contributed by atoms with van der Waals surface area (Å²) in [5.41, 5.74) is 1.63. The number of nitrogens with zero attached hydrogens (tertiary/aromatic N) is 5. The lowest BCUT2D eigenvalue weighted by Crippen LogP contribution is -2.21. The van der Waals surface area contributed by atoms with Crippen LogP contribution in [-0.2, 0) is 0 Å². The minimum Gasteiger partial charge on any atom is -0.422 e. The van der Waals surface area contributed by atoms with Crippen molar-refractivity contribution in [3.63, 3.8) is 0 Å². The Morgan fingerprint density at radius 3 is 2.93 bits per heavy atom. The first kappa shape index (κ1) is 16.5. The van der Waals surface area contributed by atoms with Gasteiger partial charge in [0.15, 0.2) is 5.69 Å². The van der Waals surface area contributed by atoms with Crippen molar-refractivity contribution in [3.8, 4) is 11.5 Å². The average Bonchev–Trinajstić information content (AvgIpc) is 3.26. The molecule has 0 aliphatic carbocycles. The van der Waals surface area contributed by atoms with E-state index in [1.54, 1.807) is 29.8 Å². The Kier molecular flexibility index (Phi) is 3.76. The molecule has 4 aromatic rings. The van der Waals surface area contributed by atoms with E-state index in [1.165, 1.54) is 11.8 Å². The summed E-state index contributed by atoms with van der Waals surface area (Å²) >= 11 is 4.88. The minimum atomic E-state index is -0.431. The van der Waals surface area contributed by atoms with E-state index in [-0.39, 0.29) is 0 Å². The van der Waals surface area contributed by atoms with Gasteiger partial charge in [-0.1, -0.05) is 32.8 Å². The highest BCUT2D eigenvalue weighted by atomic mass is 79.9. The molecule has 1 aliphatic heterocycles. The van der Waals surface area contributed by atoms with Gasteiger partial charge in [0.05, 0.1) is 11.3 Å². The van der Waals surface area contributed by atoms with Gasteiger partial charge in [0.2, 0.25) is 11.0 Å². The number of rotatable bonds is 2. The number of aryl methyl sites for hydroxylation is 1. The smallest absolute Gasteiger partial charge is 0.345 e. The largest absolute Gasteiger partial charge is 0.422 e. The van der Waals surface area contributed by atoms with E-state index in [0.717, 1.165) is 9.86 Å². The number of hydrogen-bond donors (Lipinski definition) is 0. The third kappa shape index (κ3) is 2.81. The van der Waals surface area contributed by atoms with Crippen molar-refractivity contribution in [2.45, 2.75) is 12.1 Å². The Labute approximate surface area is 164 Å². The second-order valence-corrected chi connectivity index (χ2v) is 7.76. The number of thioether (sulfide) groups is 1. The first-order valence-electron chi connectivity index (χ1n) is 7.92. The molecule has 0 radical (unpaired) electrons. The normalized spacial score (nSPS) is 13.6. The van der Waals surface area contributed by atoms with Crippen LogP contribution in [0.1, 0.15) is 11.3 Å². The Morgan fingerprint density at radius 2 is 2.11 bits per heavy atom. The van der Waals surface area contributed by atoms with E-state index in [2.05, 4.69) is 36.4 Å². The summed E-state index contributed by atoms with van der Waals surface area (Å²) in [4.78, 5) is 12.5. The van der Waals surface area contributed by atoms with Gasteiger partial charge >= 0.3 is 5.63 Å². The second-order valence-electron chi connectivity index (χ2n) is 5.91. The number of hydrogen-bond acceptors (Lipinski definition) is 8. The highest BCUT2D eigenvalue weighted by Gasteiger charge is 2.24. The van der Waals surface area contributed by atoms with Gasteiger partial charge in [-0.05, 0) is 31.2 Å². The zero-order valence-electron chi connectivity index (χ0n) is 13.8. The van der Waals surface area contributed by atoms with Crippen LogP contribution in [0.2, 0.25) is 0 Å². The molecule has 0 bridgehead atoms. The van der Waals surface area contributed by atoms with Crippen molar-refractivity contribution in [1.29, 1.82) is 0 Å². The fourth-order valence-corrected chi connectivity index (χ4v) is 3.99. The lowest BCUT2D eigenvalue weighted by molar-refractivity contribution is 0.399. The molecule has 27 heavy (non-hydrogen) atoms. The molecule has 0 N–H and O–H groups in total. The van der Waals surface area contributed by atoms with E-state index in [0.29, 0.717) is 45.0 Å². The maximum absolute atomic E-state index is 12.5. The van der Waals surface area contributed by atoms with Gasteiger partial charge in [-0.2, -0.15) is 9.78 Å². The van der Waals surface area contributed by atoms with E-state index in [1.807, 2.05) is 12.1 Å². The van der Waals surface area contributed by atoms with Crippen molar-refractivity contribution in [1.82, 2.24) is 20.0 Å². The molecule has 134 valence electrons. The Hall–Kier alpha value is -2.72. The van der Waals surface area contributed by atoms with Gasteiger partial charge < -0.3 is 8.94 Å². The van der Waals surface area contributed by atoms with Gasteiger partial charge in [-0.15, -0.1) is 10.2 Å². The summed E-state index contributed by atoms with van der Waals surface area (Å²) in [5.74, 6) is 1.61. The molecule has 0 fully saturated rings. The minimum absolute atomic E-state index is 0.412. The third-order valence-corrected chi connectivity index (χ3v) is 5.46. The Balaban J connectivity index is 1.66. The van der Waals surface area contributed by atoms with Crippen molar-refractivity contribution in [2.24, 2.45) is 5.10 Å². The van der Waals surface area contributed by atoms with E-state index in [4.69, 9.17) is 8.94 Å². The Morgan fingerprint density at radius 1 is 1.22 bits per heavy atom. The predicted octanol–water partition coefficient (Wildman–Crippen LogP) is 3.47. The monoisotopic (exact) mass is 443 g/mol. The van der Waals surface area contributed by atoms with Crippen LogP contribution in [0.3, 0.4) is 0 Å². The highest BCUT2D eigenvalue weighted by molar-refractivity contribution is 9.10. The molecular formula is C17H10BrN5O3S. The first-order valence-corrected chi connectivity index (χ1v) is 9.70. The first-order chi connectivity index (χ1) is 13.1. The molecule has 0 amide bonds. The van der Waals surface area contributed by atoms with E-state index >= 15 is 0 Å². The number of fused-ring (bicyclic) bond motifs is 2. The third-order valence-electron chi connectivity index (χ3n) is 4.03. The molecule has 5 rings (SSSR count). The maximum atomic E-state index is 12.5. The lowest BCUT2D eigenvalue weighted by atomic mass is 10.1. The molecule has 3 aromatic heterocycles. The van der Waals surface area contributed by atoms with Crippen LogP contribution in [-0.4, -0.2) is 31.5 Å². The molecule has 0 saturated heterocycles. The fourth-order valence-electron chi connectivity index (χ4n) is 2.79. The summed E-state index contributed by atoms with van der Waals surface area (Å²) in [7, 11) is 0. The number of aromatic nitrogens is 4. The maximum Gasteiger partial charge on any atom is 0.345 e. The van der Waals surface area contributed by atoms with Crippen LogP contribution >= 0.6 is 27.7 Å².